The lowest BCUT2D eigenvalue weighted by Gasteiger charge is -2.27. The molecular formula is C18H30N4O2. The van der Waals surface area contributed by atoms with Crippen LogP contribution in [0, 0.1) is 0 Å². The van der Waals surface area contributed by atoms with E-state index in [1.165, 1.54) is 0 Å². The molecule has 0 amide bonds. The van der Waals surface area contributed by atoms with Crippen LogP contribution in [0.3, 0.4) is 0 Å². The van der Waals surface area contributed by atoms with Crippen LogP contribution in [0.2, 0.25) is 0 Å². The molecule has 24 heavy (non-hydrogen) atoms. The molecule has 6 nitrogen and oxygen atoms in total. The van der Waals surface area contributed by atoms with Gasteiger partial charge in [-0.25, -0.2) is 4.99 Å². The molecule has 1 heterocycles. The highest BCUT2D eigenvalue weighted by atomic mass is 16.7. The van der Waals surface area contributed by atoms with Crippen molar-refractivity contribution in [1.82, 2.24) is 15.5 Å². The second-order valence-corrected chi connectivity index (χ2v) is 5.83. The van der Waals surface area contributed by atoms with E-state index < -0.39 is 0 Å². The molecule has 134 valence electrons. The van der Waals surface area contributed by atoms with Crippen LogP contribution in [0.25, 0.3) is 0 Å². The molecule has 0 bridgehead atoms. The zero-order valence-corrected chi connectivity index (χ0v) is 15.3. The van der Waals surface area contributed by atoms with E-state index in [0.29, 0.717) is 19.4 Å². The van der Waals surface area contributed by atoms with Crippen molar-refractivity contribution in [2.75, 3.05) is 33.0 Å². The lowest BCUT2D eigenvalue weighted by molar-refractivity contribution is 0.174. The van der Waals surface area contributed by atoms with Crippen molar-refractivity contribution in [3.63, 3.8) is 0 Å². The summed E-state index contributed by atoms with van der Waals surface area (Å²) in [5.41, 5.74) is 1.10. The predicted molar refractivity (Wildman–Crippen MR) is 97.8 cm³/mol. The molecular weight excluding hydrogens is 304 g/mol. The fourth-order valence-corrected chi connectivity index (χ4v) is 2.77. The highest BCUT2D eigenvalue weighted by molar-refractivity contribution is 5.79. The number of guanidine groups is 1. The van der Waals surface area contributed by atoms with Gasteiger partial charge in [-0.3, -0.25) is 4.90 Å². The van der Waals surface area contributed by atoms with Gasteiger partial charge in [0, 0.05) is 19.1 Å². The second kappa shape index (κ2) is 9.37. The summed E-state index contributed by atoms with van der Waals surface area (Å²) in [5, 5.41) is 6.73. The molecule has 1 aromatic carbocycles. The summed E-state index contributed by atoms with van der Waals surface area (Å²) in [4.78, 5) is 7.10. The molecule has 1 unspecified atom stereocenters. The minimum absolute atomic E-state index is 0.301. The Morgan fingerprint density at radius 2 is 1.92 bits per heavy atom. The summed E-state index contributed by atoms with van der Waals surface area (Å²) in [6.07, 6.45) is 0. The van der Waals surface area contributed by atoms with E-state index >= 15 is 0 Å². The SMILES string of the molecule is CCNC(=NCc1ccc2c(c1)OCO2)NCC(C)N(CC)CC. The summed E-state index contributed by atoms with van der Waals surface area (Å²) < 4.78 is 10.8. The first-order valence-electron chi connectivity index (χ1n) is 8.82. The lowest BCUT2D eigenvalue weighted by Crippen LogP contribution is -2.45. The van der Waals surface area contributed by atoms with Gasteiger partial charge in [-0.1, -0.05) is 19.9 Å². The fraction of sp³-hybridized carbons (Fsp3) is 0.611. The van der Waals surface area contributed by atoms with Crippen molar-refractivity contribution in [2.24, 2.45) is 4.99 Å². The smallest absolute Gasteiger partial charge is 0.231 e. The maximum absolute atomic E-state index is 5.42. The van der Waals surface area contributed by atoms with E-state index in [1.54, 1.807) is 0 Å². The number of nitrogens with one attached hydrogen (secondary N) is 2. The molecule has 0 saturated heterocycles. The Hall–Kier alpha value is -1.95. The minimum atomic E-state index is 0.301. The number of aliphatic imine (C=N–C) groups is 1. The number of likely N-dealkylation sites (N-methyl/N-ethyl adjacent to an activating group) is 1. The van der Waals surface area contributed by atoms with Gasteiger partial charge >= 0.3 is 0 Å². The van der Waals surface area contributed by atoms with E-state index in [0.717, 1.165) is 49.2 Å². The highest BCUT2D eigenvalue weighted by Gasteiger charge is 2.13. The zero-order valence-electron chi connectivity index (χ0n) is 15.3. The maximum Gasteiger partial charge on any atom is 0.231 e. The van der Waals surface area contributed by atoms with Crippen molar-refractivity contribution < 1.29 is 9.47 Å². The summed E-state index contributed by atoms with van der Waals surface area (Å²) in [6, 6.07) is 6.43. The van der Waals surface area contributed by atoms with Crippen molar-refractivity contribution in [3.05, 3.63) is 23.8 Å². The Balaban J connectivity index is 1.92. The monoisotopic (exact) mass is 334 g/mol. The molecule has 0 spiro atoms. The van der Waals surface area contributed by atoms with Crippen molar-refractivity contribution in [1.29, 1.82) is 0 Å². The molecule has 0 fully saturated rings. The van der Waals surface area contributed by atoms with Gasteiger partial charge in [-0.15, -0.1) is 0 Å². The molecule has 1 aliphatic rings. The Morgan fingerprint density at radius 1 is 1.17 bits per heavy atom. The van der Waals surface area contributed by atoms with E-state index in [2.05, 4.69) is 48.2 Å². The molecule has 1 atom stereocenters. The third kappa shape index (κ3) is 5.03. The van der Waals surface area contributed by atoms with Gasteiger partial charge < -0.3 is 20.1 Å². The van der Waals surface area contributed by atoms with Crippen LogP contribution in [0.1, 0.15) is 33.3 Å². The summed E-state index contributed by atoms with van der Waals surface area (Å²) in [7, 11) is 0. The number of fused-ring (bicyclic) bond motifs is 1. The van der Waals surface area contributed by atoms with Gasteiger partial charge in [0.05, 0.1) is 6.54 Å². The number of rotatable bonds is 8. The van der Waals surface area contributed by atoms with Crippen LogP contribution in [-0.2, 0) is 6.54 Å². The molecule has 0 radical (unpaired) electrons. The average molecular weight is 334 g/mol. The van der Waals surface area contributed by atoms with Crippen molar-refractivity contribution in [2.45, 2.75) is 40.3 Å². The molecule has 1 aliphatic heterocycles. The van der Waals surface area contributed by atoms with Crippen LogP contribution >= 0.6 is 0 Å². The summed E-state index contributed by atoms with van der Waals surface area (Å²) >= 11 is 0. The minimum Gasteiger partial charge on any atom is -0.454 e. The van der Waals surface area contributed by atoms with E-state index in [9.17, 15) is 0 Å². The summed E-state index contributed by atoms with van der Waals surface area (Å²) in [6.45, 7) is 13.4. The van der Waals surface area contributed by atoms with Crippen LogP contribution < -0.4 is 20.1 Å². The largest absolute Gasteiger partial charge is 0.454 e. The number of hydrogen-bond acceptors (Lipinski definition) is 4. The topological polar surface area (TPSA) is 58.1 Å². The molecule has 2 N–H and O–H groups in total. The van der Waals surface area contributed by atoms with Crippen molar-refractivity contribution in [3.8, 4) is 11.5 Å². The average Bonchev–Trinajstić information content (AvgIpc) is 3.06. The Kier molecular flexibility index (Phi) is 7.18. The lowest BCUT2D eigenvalue weighted by atomic mass is 10.2. The van der Waals surface area contributed by atoms with Crippen LogP contribution in [0.5, 0.6) is 11.5 Å². The van der Waals surface area contributed by atoms with E-state index in [-0.39, 0.29) is 0 Å². The first-order valence-corrected chi connectivity index (χ1v) is 8.82. The van der Waals surface area contributed by atoms with Gasteiger partial charge in [0.2, 0.25) is 6.79 Å². The molecule has 0 aliphatic carbocycles. The number of ether oxygens (including phenoxy) is 2. The molecule has 0 saturated carbocycles. The first-order chi connectivity index (χ1) is 11.7. The third-order valence-corrected chi connectivity index (χ3v) is 4.20. The molecule has 6 heteroatoms. The first kappa shape index (κ1) is 18.4. The van der Waals surface area contributed by atoms with Gasteiger partial charge in [-0.05, 0) is 44.6 Å². The standard InChI is InChI=1S/C18H30N4O2/c1-5-19-18(20-11-14(4)22(6-2)7-3)21-12-15-8-9-16-17(10-15)24-13-23-16/h8-10,14H,5-7,11-13H2,1-4H3,(H2,19,20,21). The zero-order chi connectivity index (χ0) is 17.4. The van der Waals surface area contributed by atoms with E-state index in [4.69, 9.17) is 9.47 Å². The van der Waals surface area contributed by atoms with Gasteiger partial charge in [0.1, 0.15) is 0 Å². The molecule has 1 aromatic rings. The number of hydrogen-bond donors (Lipinski definition) is 2. The van der Waals surface area contributed by atoms with Crippen molar-refractivity contribution >= 4 is 5.96 Å². The quantitative estimate of drug-likeness (QED) is 0.564. The Labute approximate surface area is 145 Å². The third-order valence-electron chi connectivity index (χ3n) is 4.20. The van der Waals surface area contributed by atoms with Crippen LogP contribution in [-0.4, -0.2) is 49.9 Å². The molecule has 2 rings (SSSR count). The van der Waals surface area contributed by atoms with Gasteiger partial charge in [0.15, 0.2) is 17.5 Å². The molecule has 0 aromatic heterocycles. The van der Waals surface area contributed by atoms with Gasteiger partial charge in [0.25, 0.3) is 0 Å². The van der Waals surface area contributed by atoms with E-state index in [1.807, 2.05) is 18.2 Å². The highest BCUT2D eigenvalue weighted by Crippen LogP contribution is 2.32. The number of benzene rings is 1. The second-order valence-electron chi connectivity index (χ2n) is 5.83. The Bertz CT molecular complexity index is 544. The maximum atomic E-state index is 5.42. The van der Waals surface area contributed by atoms with Crippen LogP contribution in [0.15, 0.2) is 23.2 Å². The fourth-order valence-electron chi connectivity index (χ4n) is 2.77. The number of nitrogens with zero attached hydrogens (tertiary/aromatic N) is 2. The summed E-state index contributed by atoms with van der Waals surface area (Å²) in [5.74, 6) is 2.45. The predicted octanol–water partition coefficient (Wildman–Crippen LogP) is 2.20. The normalized spacial score (nSPS) is 14.8. The van der Waals surface area contributed by atoms with Gasteiger partial charge in [-0.2, -0.15) is 0 Å². The van der Waals surface area contributed by atoms with Crippen LogP contribution in [0.4, 0.5) is 0 Å². The Morgan fingerprint density at radius 3 is 2.62 bits per heavy atom.